The van der Waals surface area contributed by atoms with E-state index in [-0.39, 0.29) is 5.78 Å². The maximum absolute atomic E-state index is 11.7. The molecule has 0 saturated heterocycles. The number of rotatable bonds is 3. The van der Waals surface area contributed by atoms with Gasteiger partial charge >= 0.3 is 0 Å². The highest BCUT2D eigenvalue weighted by molar-refractivity contribution is 5.97. The fourth-order valence-corrected chi connectivity index (χ4v) is 1.88. The summed E-state index contributed by atoms with van der Waals surface area (Å²) >= 11 is 0. The van der Waals surface area contributed by atoms with Gasteiger partial charge in [0.1, 0.15) is 0 Å². The second-order valence-corrected chi connectivity index (χ2v) is 4.01. The Labute approximate surface area is 107 Å². The average molecular weight is 235 g/mol. The Morgan fingerprint density at radius 1 is 1.17 bits per heavy atom. The summed E-state index contributed by atoms with van der Waals surface area (Å²) in [4.78, 5) is 11.7. The molecule has 0 N–H and O–H groups in total. The molecule has 0 aliphatic heterocycles. The van der Waals surface area contributed by atoms with Crippen molar-refractivity contribution in [1.82, 2.24) is 0 Å². The normalized spacial score (nSPS) is 9.78. The van der Waals surface area contributed by atoms with E-state index >= 15 is 0 Å². The molecule has 0 amide bonds. The van der Waals surface area contributed by atoms with Crippen molar-refractivity contribution in [3.05, 3.63) is 59.7 Å². The molecule has 2 aromatic rings. The molecule has 0 unspecified atom stereocenters. The van der Waals surface area contributed by atoms with Crippen molar-refractivity contribution in [2.24, 2.45) is 0 Å². The van der Waals surface area contributed by atoms with Gasteiger partial charge in [0, 0.05) is 17.5 Å². The molecule has 0 heterocycles. The van der Waals surface area contributed by atoms with E-state index in [9.17, 15) is 4.79 Å². The van der Waals surface area contributed by atoms with Gasteiger partial charge in [-0.1, -0.05) is 43.3 Å². The van der Waals surface area contributed by atoms with Crippen LogP contribution in [0.25, 0.3) is 11.1 Å². The van der Waals surface area contributed by atoms with Crippen LogP contribution in [0.2, 0.25) is 0 Å². The van der Waals surface area contributed by atoms with Gasteiger partial charge in [0.05, 0.1) is 11.6 Å². The zero-order valence-electron chi connectivity index (χ0n) is 10.2. The van der Waals surface area contributed by atoms with Gasteiger partial charge in [-0.3, -0.25) is 4.79 Å². The topological polar surface area (TPSA) is 40.9 Å². The van der Waals surface area contributed by atoms with Gasteiger partial charge in [0.2, 0.25) is 0 Å². The number of carbonyl (C=O) groups excluding carboxylic acids is 1. The second kappa shape index (κ2) is 5.29. The van der Waals surface area contributed by atoms with Crippen molar-refractivity contribution in [3.8, 4) is 17.2 Å². The van der Waals surface area contributed by atoms with Crippen LogP contribution in [0.4, 0.5) is 0 Å². The van der Waals surface area contributed by atoms with E-state index < -0.39 is 0 Å². The molecular weight excluding hydrogens is 222 g/mol. The van der Waals surface area contributed by atoms with Crippen LogP contribution in [0.3, 0.4) is 0 Å². The third kappa shape index (κ3) is 2.31. The molecule has 0 atom stereocenters. The Morgan fingerprint density at radius 3 is 2.50 bits per heavy atom. The maximum atomic E-state index is 11.7. The molecule has 88 valence electrons. The summed E-state index contributed by atoms with van der Waals surface area (Å²) in [6.07, 6.45) is 0.472. The van der Waals surface area contributed by atoms with Crippen molar-refractivity contribution < 1.29 is 4.79 Å². The first-order valence-electron chi connectivity index (χ1n) is 5.89. The Balaban J connectivity index is 2.58. The van der Waals surface area contributed by atoms with Gasteiger partial charge < -0.3 is 0 Å². The van der Waals surface area contributed by atoms with Crippen LogP contribution in [0.1, 0.15) is 29.3 Å². The Kier molecular flexibility index (Phi) is 3.54. The fourth-order valence-electron chi connectivity index (χ4n) is 1.88. The average Bonchev–Trinajstić information content (AvgIpc) is 2.46. The van der Waals surface area contributed by atoms with Crippen molar-refractivity contribution in [2.45, 2.75) is 13.3 Å². The molecule has 0 saturated carbocycles. The number of benzene rings is 2. The van der Waals surface area contributed by atoms with E-state index in [4.69, 9.17) is 5.26 Å². The predicted molar refractivity (Wildman–Crippen MR) is 71.2 cm³/mol. The summed E-state index contributed by atoms with van der Waals surface area (Å²) in [5.74, 6) is 0.0941. The van der Waals surface area contributed by atoms with E-state index in [1.807, 2.05) is 37.3 Å². The SMILES string of the molecule is CCC(=O)c1ccc(C#N)c(-c2ccccc2)c1. The summed E-state index contributed by atoms with van der Waals surface area (Å²) in [6, 6.07) is 17.1. The summed E-state index contributed by atoms with van der Waals surface area (Å²) in [5.41, 5.74) is 3.03. The number of hydrogen-bond donors (Lipinski definition) is 0. The molecule has 0 fully saturated rings. The molecule has 0 bridgehead atoms. The molecule has 2 rings (SSSR count). The number of nitrogens with zero attached hydrogens (tertiary/aromatic N) is 1. The van der Waals surface area contributed by atoms with Crippen molar-refractivity contribution in [2.75, 3.05) is 0 Å². The lowest BCUT2D eigenvalue weighted by Crippen LogP contribution is -1.97. The standard InChI is InChI=1S/C16H13NO/c1-2-16(18)13-8-9-14(11-17)15(10-13)12-6-4-3-5-7-12/h3-10H,2H2,1H3. The third-order valence-electron chi connectivity index (χ3n) is 2.87. The minimum absolute atomic E-state index is 0.0941. The molecule has 2 heteroatoms. The quantitative estimate of drug-likeness (QED) is 0.759. The summed E-state index contributed by atoms with van der Waals surface area (Å²) in [6.45, 7) is 1.84. The van der Waals surface area contributed by atoms with Crippen LogP contribution in [0, 0.1) is 11.3 Å². The van der Waals surface area contributed by atoms with Gasteiger partial charge in [-0.2, -0.15) is 5.26 Å². The monoisotopic (exact) mass is 235 g/mol. The molecule has 0 aliphatic carbocycles. The predicted octanol–water partition coefficient (Wildman–Crippen LogP) is 3.82. The highest BCUT2D eigenvalue weighted by Gasteiger charge is 2.09. The highest BCUT2D eigenvalue weighted by atomic mass is 16.1. The molecule has 0 aliphatic rings. The zero-order valence-corrected chi connectivity index (χ0v) is 10.2. The van der Waals surface area contributed by atoms with Crippen molar-refractivity contribution >= 4 is 5.78 Å². The van der Waals surface area contributed by atoms with Gasteiger partial charge in [-0.05, 0) is 17.7 Å². The first kappa shape index (κ1) is 12.1. The Hall–Kier alpha value is -2.40. The van der Waals surface area contributed by atoms with Gasteiger partial charge in [0.25, 0.3) is 0 Å². The smallest absolute Gasteiger partial charge is 0.162 e. The van der Waals surface area contributed by atoms with Crippen LogP contribution in [-0.4, -0.2) is 5.78 Å². The van der Waals surface area contributed by atoms with Gasteiger partial charge in [-0.25, -0.2) is 0 Å². The van der Waals surface area contributed by atoms with Gasteiger partial charge in [-0.15, -0.1) is 0 Å². The molecular formula is C16H13NO. The third-order valence-corrected chi connectivity index (χ3v) is 2.87. The lowest BCUT2D eigenvalue weighted by molar-refractivity contribution is 0.0988. The van der Waals surface area contributed by atoms with E-state index in [2.05, 4.69) is 6.07 Å². The highest BCUT2D eigenvalue weighted by Crippen LogP contribution is 2.24. The molecule has 0 aromatic heterocycles. The van der Waals surface area contributed by atoms with Crippen LogP contribution in [0.15, 0.2) is 48.5 Å². The van der Waals surface area contributed by atoms with Crippen molar-refractivity contribution in [1.29, 1.82) is 5.26 Å². The van der Waals surface area contributed by atoms with Crippen LogP contribution in [0.5, 0.6) is 0 Å². The summed E-state index contributed by atoms with van der Waals surface area (Å²) in [7, 11) is 0. The summed E-state index contributed by atoms with van der Waals surface area (Å²) in [5, 5.41) is 9.13. The molecule has 0 spiro atoms. The number of hydrogen-bond acceptors (Lipinski definition) is 2. The Morgan fingerprint density at radius 2 is 1.89 bits per heavy atom. The maximum Gasteiger partial charge on any atom is 0.162 e. The fraction of sp³-hybridized carbons (Fsp3) is 0.125. The number of carbonyl (C=O) groups is 1. The number of Topliss-reactive ketones (excluding diaryl/α,β-unsaturated/α-hetero) is 1. The lowest BCUT2D eigenvalue weighted by Gasteiger charge is -2.06. The molecule has 18 heavy (non-hydrogen) atoms. The van der Waals surface area contributed by atoms with E-state index in [0.717, 1.165) is 11.1 Å². The number of nitriles is 1. The van der Waals surface area contributed by atoms with Crippen molar-refractivity contribution in [3.63, 3.8) is 0 Å². The van der Waals surface area contributed by atoms with Crippen LogP contribution in [-0.2, 0) is 0 Å². The lowest BCUT2D eigenvalue weighted by atomic mass is 9.96. The Bertz CT molecular complexity index is 609. The van der Waals surface area contributed by atoms with E-state index in [1.165, 1.54) is 0 Å². The van der Waals surface area contributed by atoms with Crippen LogP contribution >= 0.6 is 0 Å². The minimum atomic E-state index is 0.0941. The van der Waals surface area contributed by atoms with E-state index in [0.29, 0.717) is 17.5 Å². The summed E-state index contributed by atoms with van der Waals surface area (Å²) < 4.78 is 0. The number of ketones is 1. The molecule has 2 aromatic carbocycles. The first-order chi connectivity index (χ1) is 8.76. The van der Waals surface area contributed by atoms with Crippen LogP contribution < -0.4 is 0 Å². The second-order valence-electron chi connectivity index (χ2n) is 4.01. The minimum Gasteiger partial charge on any atom is -0.294 e. The van der Waals surface area contributed by atoms with Gasteiger partial charge in [0.15, 0.2) is 5.78 Å². The molecule has 0 radical (unpaired) electrons. The molecule has 2 nitrogen and oxygen atoms in total. The van der Waals surface area contributed by atoms with E-state index in [1.54, 1.807) is 18.2 Å². The largest absolute Gasteiger partial charge is 0.294 e. The first-order valence-corrected chi connectivity index (χ1v) is 5.89. The zero-order chi connectivity index (χ0) is 13.0.